The summed E-state index contributed by atoms with van der Waals surface area (Å²) in [6.45, 7) is 3.25. The number of amides is 1. The van der Waals surface area contributed by atoms with Crippen LogP contribution >= 0.6 is 15.9 Å². The summed E-state index contributed by atoms with van der Waals surface area (Å²) in [6, 6.07) is 0. The lowest BCUT2D eigenvalue weighted by Crippen LogP contribution is -2.26. The highest BCUT2D eigenvalue weighted by molar-refractivity contribution is 9.10. The molecule has 0 bridgehead atoms. The highest BCUT2D eigenvalue weighted by atomic mass is 79.9. The number of nitrogens with zero attached hydrogens (tertiary/aromatic N) is 4. The second-order valence-electron chi connectivity index (χ2n) is 4.22. The van der Waals surface area contributed by atoms with Gasteiger partial charge in [0.2, 0.25) is 0 Å². The fourth-order valence-corrected chi connectivity index (χ4v) is 2.19. The Morgan fingerprint density at radius 1 is 1.47 bits per heavy atom. The van der Waals surface area contributed by atoms with Gasteiger partial charge in [-0.2, -0.15) is 5.10 Å². The van der Waals surface area contributed by atoms with Crippen molar-refractivity contribution in [1.29, 1.82) is 0 Å². The topological polar surface area (TPSA) is 64.7 Å². The lowest BCUT2D eigenvalue weighted by atomic mass is 10.3. The van der Waals surface area contributed by atoms with Gasteiger partial charge in [-0.1, -0.05) is 0 Å². The molecule has 1 amide bonds. The van der Waals surface area contributed by atoms with E-state index in [1.807, 2.05) is 24.7 Å². The van der Waals surface area contributed by atoms with Gasteiger partial charge in [0, 0.05) is 39.0 Å². The Balaban J connectivity index is 1.88. The van der Waals surface area contributed by atoms with Crippen molar-refractivity contribution in [2.45, 2.75) is 19.9 Å². The van der Waals surface area contributed by atoms with Crippen LogP contribution in [-0.4, -0.2) is 31.8 Å². The van der Waals surface area contributed by atoms with Gasteiger partial charge in [0.25, 0.3) is 5.91 Å². The molecule has 7 heteroatoms. The van der Waals surface area contributed by atoms with Gasteiger partial charge in [-0.05, 0) is 22.9 Å². The zero-order valence-corrected chi connectivity index (χ0v) is 12.5. The summed E-state index contributed by atoms with van der Waals surface area (Å²) in [5.74, 6) is -0.171. The molecule has 2 heterocycles. The normalized spacial score (nSPS) is 10.7. The van der Waals surface area contributed by atoms with E-state index in [1.165, 1.54) is 0 Å². The van der Waals surface area contributed by atoms with Crippen molar-refractivity contribution in [2.75, 3.05) is 6.54 Å². The Morgan fingerprint density at radius 3 is 2.84 bits per heavy atom. The van der Waals surface area contributed by atoms with Gasteiger partial charge >= 0.3 is 0 Å². The zero-order valence-electron chi connectivity index (χ0n) is 10.9. The maximum atomic E-state index is 11.9. The number of aromatic nitrogens is 4. The van der Waals surface area contributed by atoms with Gasteiger partial charge in [-0.25, -0.2) is 4.98 Å². The Morgan fingerprint density at radius 2 is 2.26 bits per heavy atom. The molecule has 0 aliphatic carbocycles. The molecule has 0 aliphatic rings. The Kier molecular flexibility index (Phi) is 4.36. The smallest absolute Gasteiger partial charge is 0.272 e. The van der Waals surface area contributed by atoms with Gasteiger partial charge in [-0.3, -0.25) is 9.48 Å². The molecule has 2 aromatic rings. The second kappa shape index (κ2) is 6.01. The van der Waals surface area contributed by atoms with Gasteiger partial charge in [-0.15, -0.1) is 0 Å². The number of nitrogens with one attached hydrogen (secondary N) is 1. The summed E-state index contributed by atoms with van der Waals surface area (Å²) < 4.78 is 4.32. The van der Waals surface area contributed by atoms with E-state index in [0.29, 0.717) is 23.1 Å². The van der Waals surface area contributed by atoms with E-state index in [4.69, 9.17) is 0 Å². The summed E-state index contributed by atoms with van der Waals surface area (Å²) >= 11 is 3.34. The van der Waals surface area contributed by atoms with Crippen molar-refractivity contribution in [3.05, 3.63) is 34.6 Å². The van der Waals surface area contributed by atoms with Gasteiger partial charge < -0.3 is 9.88 Å². The Hall–Kier alpha value is -1.63. The van der Waals surface area contributed by atoms with Crippen molar-refractivity contribution in [2.24, 2.45) is 7.05 Å². The van der Waals surface area contributed by atoms with Crippen molar-refractivity contribution >= 4 is 21.8 Å². The quantitative estimate of drug-likeness (QED) is 0.903. The van der Waals surface area contributed by atoms with Crippen molar-refractivity contribution in [1.82, 2.24) is 24.6 Å². The fraction of sp³-hybridized carbons (Fsp3) is 0.417. The minimum atomic E-state index is -0.171. The van der Waals surface area contributed by atoms with E-state index in [2.05, 4.69) is 31.3 Å². The minimum absolute atomic E-state index is 0.171. The number of aryl methyl sites for hydroxylation is 2. The van der Waals surface area contributed by atoms with Crippen LogP contribution in [0.2, 0.25) is 0 Å². The first-order chi connectivity index (χ1) is 9.10. The molecule has 0 aromatic carbocycles. The van der Waals surface area contributed by atoms with Crippen LogP contribution < -0.4 is 5.32 Å². The van der Waals surface area contributed by atoms with Crippen molar-refractivity contribution in [3.63, 3.8) is 0 Å². The van der Waals surface area contributed by atoms with Crippen LogP contribution in [0.5, 0.6) is 0 Å². The molecule has 2 aromatic heterocycles. The average Bonchev–Trinajstić information content (AvgIpc) is 2.95. The van der Waals surface area contributed by atoms with E-state index in [0.717, 1.165) is 12.2 Å². The van der Waals surface area contributed by atoms with Crippen LogP contribution in [0.1, 0.15) is 23.1 Å². The number of hydrogen-bond acceptors (Lipinski definition) is 3. The average molecular weight is 326 g/mol. The largest absolute Gasteiger partial charge is 0.350 e. The van der Waals surface area contributed by atoms with Crippen molar-refractivity contribution < 1.29 is 4.79 Å². The first-order valence-electron chi connectivity index (χ1n) is 6.08. The Bertz CT molecular complexity index is 574. The predicted molar refractivity (Wildman–Crippen MR) is 74.8 cm³/mol. The molecule has 6 nitrogen and oxygen atoms in total. The minimum Gasteiger partial charge on any atom is -0.350 e. The number of halogens is 1. The van der Waals surface area contributed by atoms with Gasteiger partial charge in [0.1, 0.15) is 0 Å². The number of carbonyl (C=O) groups excluding carboxylic acids is 1. The SMILES string of the molecule is CCn1cc(Br)c(C(=O)NCCc2cn(C)cn2)n1. The molecule has 0 saturated heterocycles. The summed E-state index contributed by atoms with van der Waals surface area (Å²) in [5.41, 5.74) is 1.38. The predicted octanol–water partition coefficient (Wildman–Crippen LogP) is 1.37. The van der Waals surface area contributed by atoms with E-state index >= 15 is 0 Å². The van der Waals surface area contributed by atoms with E-state index in [1.54, 1.807) is 17.2 Å². The van der Waals surface area contributed by atoms with Crippen LogP contribution in [0.4, 0.5) is 0 Å². The molecular weight excluding hydrogens is 310 g/mol. The van der Waals surface area contributed by atoms with Crippen molar-refractivity contribution in [3.8, 4) is 0 Å². The van der Waals surface area contributed by atoms with Gasteiger partial charge in [0.05, 0.1) is 16.5 Å². The molecule has 0 unspecified atom stereocenters. The first-order valence-corrected chi connectivity index (χ1v) is 6.87. The summed E-state index contributed by atoms with van der Waals surface area (Å²) in [7, 11) is 1.92. The maximum absolute atomic E-state index is 11.9. The van der Waals surface area contributed by atoms with Crippen LogP contribution in [0.25, 0.3) is 0 Å². The summed E-state index contributed by atoms with van der Waals surface area (Å²) in [6.07, 6.45) is 6.19. The number of hydrogen-bond donors (Lipinski definition) is 1. The number of rotatable bonds is 5. The number of imidazole rings is 1. The third kappa shape index (κ3) is 3.44. The standard InChI is InChI=1S/C12H16BrN5O/c1-3-18-7-10(13)11(16-18)12(19)14-5-4-9-6-17(2)8-15-9/h6-8H,3-5H2,1-2H3,(H,14,19). The molecule has 0 atom stereocenters. The first kappa shape index (κ1) is 13.8. The highest BCUT2D eigenvalue weighted by Gasteiger charge is 2.14. The molecular formula is C12H16BrN5O. The molecule has 0 spiro atoms. The molecule has 0 radical (unpaired) electrons. The van der Waals surface area contributed by atoms with Gasteiger partial charge in [0.15, 0.2) is 5.69 Å². The molecule has 102 valence electrons. The fourth-order valence-electron chi connectivity index (χ4n) is 1.70. The third-order valence-electron chi connectivity index (χ3n) is 2.68. The molecule has 2 rings (SSSR count). The van der Waals surface area contributed by atoms with Crippen LogP contribution in [0.15, 0.2) is 23.2 Å². The molecule has 0 aliphatic heterocycles. The lowest BCUT2D eigenvalue weighted by Gasteiger charge is -2.01. The van der Waals surface area contributed by atoms with E-state index < -0.39 is 0 Å². The molecule has 0 saturated carbocycles. The summed E-state index contributed by atoms with van der Waals surface area (Å²) in [4.78, 5) is 16.2. The van der Waals surface area contributed by atoms with Crippen LogP contribution in [0, 0.1) is 0 Å². The molecule has 1 N–H and O–H groups in total. The van der Waals surface area contributed by atoms with Crippen LogP contribution in [-0.2, 0) is 20.0 Å². The maximum Gasteiger partial charge on any atom is 0.272 e. The zero-order chi connectivity index (χ0) is 13.8. The molecule has 0 fully saturated rings. The van der Waals surface area contributed by atoms with Crippen LogP contribution in [0.3, 0.4) is 0 Å². The Labute approximate surface area is 120 Å². The lowest BCUT2D eigenvalue weighted by molar-refractivity contribution is 0.0947. The number of carbonyl (C=O) groups is 1. The van der Waals surface area contributed by atoms with E-state index in [-0.39, 0.29) is 5.91 Å². The molecule has 19 heavy (non-hydrogen) atoms. The monoisotopic (exact) mass is 325 g/mol. The summed E-state index contributed by atoms with van der Waals surface area (Å²) in [5, 5.41) is 7.04. The van der Waals surface area contributed by atoms with E-state index in [9.17, 15) is 4.79 Å². The second-order valence-corrected chi connectivity index (χ2v) is 5.07. The third-order valence-corrected chi connectivity index (χ3v) is 3.26. The highest BCUT2D eigenvalue weighted by Crippen LogP contribution is 2.14.